The minimum absolute atomic E-state index is 0.0122. The Labute approximate surface area is 271 Å². The Balaban J connectivity index is -0.000000254. The molecule has 272 valence electrons. The van der Waals surface area contributed by atoms with Crippen LogP contribution in [-0.2, 0) is 14.4 Å². The van der Waals surface area contributed by atoms with Gasteiger partial charge in [0.1, 0.15) is 0 Å². The fraction of sp³-hybridized carbons (Fsp3) is 0.909. The highest BCUT2D eigenvalue weighted by Crippen LogP contribution is 2.41. The van der Waals surface area contributed by atoms with Gasteiger partial charge in [0.2, 0.25) is 0 Å². The fourth-order valence-corrected chi connectivity index (χ4v) is 4.32. The summed E-state index contributed by atoms with van der Waals surface area (Å²) >= 11 is 0. The third kappa shape index (κ3) is 30.6. The molecule has 0 saturated heterocycles. The van der Waals surface area contributed by atoms with Crippen LogP contribution < -0.4 is 0 Å². The van der Waals surface area contributed by atoms with Gasteiger partial charge in [0.05, 0.1) is 33.0 Å². The lowest BCUT2D eigenvalue weighted by Crippen LogP contribution is -2.55. The number of carbonyl (C=O) groups is 3. The van der Waals surface area contributed by atoms with Crippen LogP contribution in [0.3, 0.4) is 0 Å². The number of rotatable bonds is 26. The smallest absolute Gasteiger partial charge is 0.303 e. The van der Waals surface area contributed by atoms with Crippen LogP contribution in [0.5, 0.6) is 0 Å². The van der Waals surface area contributed by atoms with Gasteiger partial charge >= 0.3 is 17.9 Å². The average Bonchev–Trinajstić information content (AvgIpc) is 3.02. The Bertz CT molecular complexity index is 584. The molecule has 0 radical (unpaired) electrons. The standard InChI is InChI=1S/C9H20O6.3C8H16O2/c10-2-1-8(3-11,4-12)9(5-13,6-14)7-15;3*1-2-3-4-5-6-7-8(9)10/h10-15H,1-7H2;3*2-7H2,1H3,(H,9,10). The normalized spacial score (nSPS) is 10.9. The van der Waals surface area contributed by atoms with Crippen molar-refractivity contribution in [3.63, 3.8) is 0 Å². The van der Waals surface area contributed by atoms with Gasteiger partial charge in [-0.25, -0.2) is 0 Å². The van der Waals surface area contributed by atoms with Crippen molar-refractivity contribution in [1.82, 2.24) is 0 Å². The quantitative estimate of drug-likeness (QED) is 0.0581. The Kier molecular flexibility index (Phi) is 40.7. The molecule has 0 aliphatic carbocycles. The number of hydrogen-bond donors (Lipinski definition) is 9. The van der Waals surface area contributed by atoms with E-state index in [2.05, 4.69) is 20.8 Å². The van der Waals surface area contributed by atoms with Crippen molar-refractivity contribution in [2.24, 2.45) is 10.8 Å². The number of hydrogen-bond acceptors (Lipinski definition) is 9. The molecule has 0 aromatic heterocycles. The molecule has 0 amide bonds. The van der Waals surface area contributed by atoms with E-state index in [0.717, 1.165) is 38.5 Å². The molecule has 0 saturated carbocycles. The maximum atomic E-state index is 10.0. The lowest BCUT2D eigenvalue weighted by Gasteiger charge is -2.45. The van der Waals surface area contributed by atoms with Crippen molar-refractivity contribution >= 4 is 17.9 Å². The predicted molar refractivity (Wildman–Crippen MR) is 175 cm³/mol. The van der Waals surface area contributed by atoms with Crippen LogP contribution in [0.15, 0.2) is 0 Å². The van der Waals surface area contributed by atoms with E-state index in [1.54, 1.807) is 0 Å². The second-order valence-electron chi connectivity index (χ2n) is 11.5. The van der Waals surface area contributed by atoms with Crippen LogP contribution in [0, 0.1) is 10.8 Å². The number of carboxylic acids is 3. The van der Waals surface area contributed by atoms with Gasteiger partial charge in [0.25, 0.3) is 0 Å². The van der Waals surface area contributed by atoms with Crippen LogP contribution >= 0.6 is 0 Å². The van der Waals surface area contributed by atoms with Gasteiger partial charge in [0.15, 0.2) is 0 Å². The van der Waals surface area contributed by atoms with E-state index in [-0.39, 0.29) is 13.0 Å². The molecule has 0 aliphatic rings. The highest BCUT2D eigenvalue weighted by molar-refractivity contribution is 5.67. The molecule has 0 aliphatic heterocycles. The van der Waals surface area contributed by atoms with Gasteiger partial charge in [-0.15, -0.1) is 0 Å². The molecule has 0 fully saturated rings. The first-order chi connectivity index (χ1) is 21.4. The third-order valence-electron chi connectivity index (χ3n) is 7.71. The first kappa shape index (κ1) is 50.0. The molecule has 12 heteroatoms. The SMILES string of the molecule is CCCCCCCC(=O)O.CCCCCCCC(=O)O.CCCCCCCC(=O)O.OCCC(CO)(CO)C(CO)(CO)CO. The van der Waals surface area contributed by atoms with Crippen molar-refractivity contribution in [2.75, 3.05) is 39.6 Å². The highest BCUT2D eigenvalue weighted by Gasteiger charge is 2.49. The second-order valence-corrected chi connectivity index (χ2v) is 11.5. The molecule has 0 unspecified atom stereocenters. The summed E-state index contributed by atoms with van der Waals surface area (Å²) < 4.78 is 0. The van der Waals surface area contributed by atoms with Crippen molar-refractivity contribution in [3.8, 4) is 0 Å². The molecule has 0 aromatic rings. The van der Waals surface area contributed by atoms with Crippen molar-refractivity contribution in [2.45, 2.75) is 143 Å². The van der Waals surface area contributed by atoms with E-state index in [0.29, 0.717) is 19.3 Å². The lowest BCUT2D eigenvalue weighted by atomic mass is 9.63. The summed E-state index contributed by atoms with van der Waals surface area (Å²) in [6.07, 6.45) is 17.6. The Morgan fingerprint density at radius 1 is 0.400 bits per heavy atom. The molecular formula is C33H68O12. The molecule has 0 aromatic carbocycles. The van der Waals surface area contributed by atoms with Crippen LogP contribution in [0.4, 0.5) is 0 Å². The summed E-state index contributed by atoms with van der Waals surface area (Å²) in [5, 5.41) is 79.7. The number of aliphatic hydroxyl groups is 6. The summed E-state index contributed by atoms with van der Waals surface area (Å²) in [6, 6.07) is 0. The molecule has 0 heterocycles. The van der Waals surface area contributed by atoms with E-state index in [1.165, 1.54) is 57.8 Å². The predicted octanol–water partition coefficient (Wildman–Crippen LogP) is 4.60. The lowest BCUT2D eigenvalue weighted by molar-refractivity contribution is -0.143. The summed E-state index contributed by atoms with van der Waals surface area (Å²) in [4.78, 5) is 30.1. The zero-order chi connectivity index (χ0) is 35.4. The zero-order valence-electron chi connectivity index (χ0n) is 28.4. The first-order valence-electron chi connectivity index (χ1n) is 16.7. The van der Waals surface area contributed by atoms with Gasteiger partial charge in [-0.2, -0.15) is 0 Å². The zero-order valence-corrected chi connectivity index (χ0v) is 28.4. The Hall–Kier alpha value is -1.83. The molecule has 45 heavy (non-hydrogen) atoms. The van der Waals surface area contributed by atoms with Crippen molar-refractivity contribution in [3.05, 3.63) is 0 Å². The van der Waals surface area contributed by atoms with Crippen LogP contribution in [-0.4, -0.2) is 104 Å². The largest absolute Gasteiger partial charge is 0.481 e. The van der Waals surface area contributed by atoms with Gasteiger partial charge in [0, 0.05) is 36.7 Å². The minimum atomic E-state index is -1.40. The maximum absolute atomic E-state index is 10.0. The number of aliphatic carboxylic acids is 3. The minimum Gasteiger partial charge on any atom is -0.481 e. The van der Waals surface area contributed by atoms with E-state index in [1.807, 2.05) is 0 Å². The topological polar surface area (TPSA) is 233 Å². The molecule has 0 atom stereocenters. The van der Waals surface area contributed by atoms with E-state index in [9.17, 15) is 39.9 Å². The molecule has 0 bridgehead atoms. The summed E-state index contributed by atoms with van der Waals surface area (Å²) in [5.74, 6) is -2.01. The van der Waals surface area contributed by atoms with E-state index in [4.69, 9.17) is 20.4 Å². The van der Waals surface area contributed by atoms with Gasteiger partial charge in [-0.1, -0.05) is 97.8 Å². The Morgan fingerprint density at radius 3 is 0.822 bits per heavy atom. The monoisotopic (exact) mass is 656 g/mol. The van der Waals surface area contributed by atoms with Crippen LogP contribution in [0.25, 0.3) is 0 Å². The second kappa shape index (κ2) is 36.6. The van der Waals surface area contributed by atoms with Gasteiger partial charge in [-0.3, -0.25) is 14.4 Å². The van der Waals surface area contributed by atoms with Crippen LogP contribution in [0.2, 0.25) is 0 Å². The molecular weight excluding hydrogens is 588 g/mol. The Morgan fingerprint density at radius 2 is 0.644 bits per heavy atom. The van der Waals surface area contributed by atoms with Gasteiger partial charge in [-0.05, 0) is 25.7 Å². The number of unbranched alkanes of at least 4 members (excludes halogenated alkanes) is 12. The molecule has 0 rings (SSSR count). The summed E-state index contributed by atoms with van der Waals surface area (Å²) in [6.45, 7) is 3.31. The summed E-state index contributed by atoms with van der Waals surface area (Å²) in [7, 11) is 0. The highest BCUT2D eigenvalue weighted by atomic mass is 16.4. The first-order valence-corrected chi connectivity index (χ1v) is 16.7. The van der Waals surface area contributed by atoms with Crippen molar-refractivity contribution in [1.29, 1.82) is 0 Å². The van der Waals surface area contributed by atoms with E-state index >= 15 is 0 Å². The summed E-state index contributed by atoms with van der Waals surface area (Å²) in [5.41, 5.74) is -2.70. The van der Waals surface area contributed by atoms with Crippen molar-refractivity contribution < 1.29 is 60.3 Å². The molecule has 12 nitrogen and oxygen atoms in total. The van der Waals surface area contributed by atoms with E-state index < -0.39 is 61.8 Å². The number of carboxylic acid groups (broad SMARTS) is 3. The molecule has 9 N–H and O–H groups in total. The third-order valence-corrected chi connectivity index (χ3v) is 7.71. The number of aliphatic hydroxyl groups excluding tert-OH is 6. The van der Waals surface area contributed by atoms with Crippen LogP contribution in [0.1, 0.15) is 143 Å². The maximum Gasteiger partial charge on any atom is 0.303 e. The average molecular weight is 657 g/mol. The van der Waals surface area contributed by atoms with Gasteiger partial charge < -0.3 is 46.0 Å². The molecule has 0 spiro atoms. The fourth-order valence-electron chi connectivity index (χ4n) is 4.32.